The summed E-state index contributed by atoms with van der Waals surface area (Å²) in [5, 5.41) is 19.6. The first kappa shape index (κ1) is 25.8. The maximum absolute atomic E-state index is 13.5. The summed E-state index contributed by atoms with van der Waals surface area (Å²) in [6.07, 6.45) is 0.806. The molecule has 0 radical (unpaired) electrons. The number of halogens is 3. The minimum Gasteiger partial charge on any atom is -0.481 e. The Morgan fingerprint density at radius 2 is 1.61 bits per heavy atom. The Morgan fingerprint density at radius 3 is 2.25 bits per heavy atom. The molecule has 2 heterocycles. The fraction of sp³-hybridized carbons (Fsp3) is 0.250. The number of carbonyl (C=O) groups is 1. The summed E-state index contributed by atoms with van der Waals surface area (Å²) in [7, 11) is 0. The van der Waals surface area contributed by atoms with Crippen LogP contribution in [0.4, 0.5) is 8.78 Å². The first-order chi connectivity index (χ1) is 17.2. The first-order valence-corrected chi connectivity index (χ1v) is 12.0. The van der Waals surface area contributed by atoms with Crippen molar-refractivity contribution in [3.63, 3.8) is 0 Å². The van der Waals surface area contributed by atoms with E-state index in [4.69, 9.17) is 21.5 Å². The van der Waals surface area contributed by atoms with Gasteiger partial charge in [0.05, 0.1) is 16.6 Å². The number of aliphatic hydroxyl groups excluding tert-OH is 1. The van der Waals surface area contributed by atoms with Crippen molar-refractivity contribution in [1.82, 2.24) is 9.47 Å². The van der Waals surface area contributed by atoms with Gasteiger partial charge in [0.15, 0.2) is 0 Å². The molecule has 3 aromatic carbocycles. The number of rotatable bonds is 6. The third-order valence-corrected chi connectivity index (χ3v) is 6.51. The number of aliphatic carboxylic acids is 1. The molecule has 188 valence electrons. The van der Waals surface area contributed by atoms with Crippen molar-refractivity contribution in [2.24, 2.45) is 0 Å². The van der Waals surface area contributed by atoms with Crippen LogP contribution in [0.25, 0.3) is 16.6 Å². The van der Waals surface area contributed by atoms with Gasteiger partial charge in [0.1, 0.15) is 11.6 Å². The van der Waals surface area contributed by atoms with Crippen LogP contribution in [0.15, 0.2) is 66.7 Å². The third kappa shape index (κ3) is 5.75. The molecule has 1 aromatic heterocycles. The number of hydrogen-bond acceptors (Lipinski definition) is 3. The molecule has 1 aliphatic rings. The highest BCUT2D eigenvalue weighted by atomic mass is 35.5. The first-order valence-electron chi connectivity index (χ1n) is 11.7. The van der Waals surface area contributed by atoms with Gasteiger partial charge in [0.25, 0.3) is 5.97 Å². The number of aliphatic hydroxyl groups is 1. The van der Waals surface area contributed by atoms with Gasteiger partial charge in [-0.25, -0.2) is 8.78 Å². The van der Waals surface area contributed by atoms with Gasteiger partial charge in [-0.05, 0) is 79.0 Å². The van der Waals surface area contributed by atoms with Gasteiger partial charge in [-0.15, -0.1) is 0 Å². The minimum absolute atomic E-state index is 0.263. The SMILES string of the molecule is CC(=O)O.OC(CCCN1Cc2c(n(-c3ccc(F)cc3)c3cccc(Cl)c23)C1)c1ccc(F)cc1. The van der Waals surface area contributed by atoms with E-state index in [0.717, 1.165) is 55.1 Å². The van der Waals surface area contributed by atoms with E-state index < -0.39 is 12.1 Å². The highest BCUT2D eigenvalue weighted by Crippen LogP contribution is 2.39. The number of nitrogens with zero attached hydrogens (tertiary/aromatic N) is 2. The molecule has 0 amide bonds. The van der Waals surface area contributed by atoms with E-state index >= 15 is 0 Å². The predicted octanol–water partition coefficient (Wildman–Crippen LogP) is 6.48. The topological polar surface area (TPSA) is 65.7 Å². The van der Waals surface area contributed by atoms with E-state index in [2.05, 4.69) is 9.47 Å². The Balaban J connectivity index is 0.000000709. The summed E-state index contributed by atoms with van der Waals surface area (Å²) in [6, 6.07) is 18.4. The van der Waals surface area contributed by atoms with Crippen LogP contribution in [0.1, 0.15) is 42.7 Å². The maximum atomic E-state index is 13.5. The quantitative estimate of drug-likeness (QED) is 0.310. The van der Waals surface area contributed by atoms with Gasteiger partial charge in [-0.2, -0.15) is 0 Å². The van der Waals surface area contributed by atoms with Crippen LogP contribution in [-0.2, 0) is 17.9 Å². The number of fused-ring (bicyclic) bond motifs is 3. The molecular formula is C28H27ClF2N2O3. The Bertz CT molecular complexity index is 1350. The monoisotopic (exact) mass is 512 g/mol. The maximum Gasteiger partial charge on any atom is 0.300 e. The van der Waals surface area contributed by atoms with Gasteiger partial charge in [-0.3, -0.25) is 9.69 Å². The van der Waals surface area contributed by atoms with Gasteiger partial charge < -0.3 is 14.8 Å². The lowest BCUT2D eigenvalue weighted by Gasteiger charge is -2.18. The summed E-state index contributed by atoms with van der Waals surface area (Å²) in [5.41, 5.74) is 5.04. The smallest absolute Gasteiger partial charge is 0.300 e. The molecule has 5 rings (SSSR count). The predicted molar refractivity (Wildman–Crippen MR) is 136 cm³/mol. The van der Waals surface area contributed by atoms with Crippen molar-refractivity contribution in [3.8, 4) is 5.69 Å². The van der Waals surface area contributed by atoms with E-state index in [0.29, 0.717) is 11.4 Å². The molecule has 0 saturated heterocycles. The lowest BCUT2D eigenvalue weighted by molar-refractivity contribution is -0.134. The fourth-order valence-corrected chi connectivity index (χ4v) is 4.94. The zero-order chi connectivity index (χ0) is 25.8. The van der Waals surface area contributed by atoms with Gasteiger partial charge >= 0.3 is 0 Å². The highest BCUT2D eigenvalue weighted by Gasteiger charge is 2.28. The molecule has 8 heteroatoms. The van der Waals surface area contributed by atoms with Crippen molar-refractivity contribution in [3.05, 3.63) is 100 Å². The van der Waals surface area contributed by atoms with Crippen molar-refractivity contribution in [2.75, 3.05) is 6.54 Å². The number of benzene rings is 3. The zero-order valence-electron chi connectivity index (χ0n) is 19.8. The minimum atomic E-state index is -0.833. The van der Waals surface area contributed by atoms with E-state index in [1.165, 1.54) is 35.5 Å². The molecule has 1 unspecified atom stereocenters. The largest absolute Gasteiger partial charge is 0.481 e. The summed E-state index contributed by atoms with van der Waals surface area (Å²) in [5.74, 6) is -1.40. The molecule has 0 bridgehead atoms. The Morgan fingerprint density at radius 1 is 1.00 bits per heavy atom. The second-order valence-electron chi connectivity index (χ2n) is 8.81. The van der Waals surface area contributed by atoms with Crippen LogP contribution in [0.5, 0.6) is 0 Å². The standard InChI is InChI=1S/C26H23ClF2N2O.C2H4O2/c27-22-3-1-4-23-26(22)21-15-30(14-2-5-25(32)17-6-8-18(28)9-7-17)16-24(21)31(23)20-12-10-19(29)11-13-20;1-2(3)4/h1,3-4,6-13,25,32H,2,5,14-16H2;1H3,(H,3,4). The molecular weight excluding hydrogens is 486 g/mol. The Labute approximate surface area is 213 Å². The average Bonchev–Trinajstić information content (AvgIpc) is 3.36. The average molecular weight is 513 g/mol. The molecule has 36 heavy (non-hydrogen) atoms. The molecule has 2 N–H and O–H groups in total. The van der Waals surface area contributed by atoms with Crippen LogP contribution in [0, 0.1) is 11.6 Å². The van der Waals surface area contributed by atoms with Crippen LogP contribution in [-0.4, -0.2) is 32.2 Å². The van der Waals surface area contributed by atoms with Gasteiger partial charge in [0, 0.05) is 36.8 Å². The van der Waals surface area contributed by atoms with Crippen LogP contribution < -0.4 is 0 Å². The van der Waals surface area contributed by atoms with Crippen LogP contribution in [0.2, 0.25) is 5.02 Å². The summed E-state index contributed by atoms with van der Waals surface area (Å²) >= 11 is 6.59. The summed E-state index contributed by atoms with van der Waals surface area (Å²) < 4.78 is 28.8. The molecule has 0 aliphatic carbocycles. The van der Waals surface area contributed by atoms with Crippen molar-refractivity contribution in [2.45, 2.75) is 39.0 Å². The van der Waals surface area contributed by atoms with Crippen LogP contribution in [0.3, 0.4) is 0 Å². The lowest BCUT2D eigenvalue weighted by atomic mass is 10.0. The lowest BCUT2D eigenvalue weighted by Crippen LogP contribution is -2.19. The number of hydrogen-bond donors (Lipinski definition) is 2. The Hall–Kier alpha value is -3.26. The van der Waals surface area contributed by atoms with E-state index in [1.54, 1.807) is 24.3 Å². The molecule has 0 saturated carbocycles. The van der Waals surface area contributed by atoms with Crippen molar-refractivity contribution >= 4 is 28.5 Å². The molecule has 4 aromatic rings. The Kier molecular flexibility index (Phi) is 8.04. The molecule has 0 spiro atoms. The van der Waals surface area contributed by atoms with E-state index in [-0.39, 0.29) is 11.6 Å². The van der Waals surface area contributed by atoms with Crippen LogP contribution >= 0.6 is 11.6 Å². The number of aromatic nitrogens is 1. The summed E-state index contributed by atoms with van der Waals surface area (Å²) in [4.78, 5) is 11.3. The van der Waals surface area contributed by atoms with Gasteiger partial charge in [-0.1, -0.05) is 29.8 Å². The van der Waals surface area contributed by atoms with Gasteiger partial charge in [0.2, 0.25) is 0 Å². The normalized spacial score (nSPS) is 13.8. The fourth-order valence-electron chi connectivity index (χ4n) is 4.65. The summed E-state index contributed by atoms with van der Waals surface area (Å²) in [6.45, 7) is 3.43. The molecule has 1 atom stereocenters. The number of carboxylic acid groups (broad SMARTS) is 1. The second-order valence-corrected chi connectivity index (χ2v) is 9.22. The molecule has 5 nitrogen and oxygen atoms in total. The molecule has 1 aliphatic heterocycles. The number of carboxylic acids is 1. The second kappa shape index (κ2) is 11.2. The van der Waals surface area contributed by atoms with Crippen molar-refractivity contribution < 1.29 is 23.8 Å². The molecule has 0 fully saturated rings. The third-order valence-electron chi connectivity index (χ3n) is 6.20. The highest BCUT2D eigenvalue weighted by molar-refractivity contribution is 6.35. The van der Waals surface area contributed by atoms with E-state index in [9.17, 15) is 13.9 Å². The van der Waals surface area contributed by atoms with E-state index in [1.807, 2.05) is 18.2 Å². The van der Waals surface area contributed by atoms with Crippen molar-refractivity contribution in [1.29, 1.82) is 0 Å². The zero-order valence-corrected chi connectivity index (χ0v) is 20.6.